The molecule has 0 atom stereocenters. The highest BCUT2D eigenvalue weighted by Crippen LogP contribution is 2.05. The molecule has 0 unspecified atom stereocenters. The Kier molecular flexibility index (Phi) is 3.42. The molecule has 0 fully saturated rings. The van der Waals surface area contributed by atoms with Gasteiger partial charge in [-0.15, -0.1) is 0 Å². The zero-order valence-corrected chi connectivity index (χ0v) is 9.39. The van der Waals surface area contributed by atoms with E-state index in [-0.39, 0.29) is 18.7 Å². The number of hydrogen-bond acceptors (Lipinski definition) is 5. The van der Waals surface area contributed by atoms with Crippen molar-refractivity contribution >= 4 is 11.7 Å². The van der Waals surface area contributed by atoms with Gasteiger partial charge in [0, 0.05) is 17.1 Å². The fourth-order valence-corrected chi connectivity index (χ4v) is 1.46. The van der Waals surface area contributed by atoms with E-state index in [9.17, 15) is 14.9 Å². The molecule has 0 aliphatic rings. The summed E-state index contributed by atoms with van der Waals surface area (Å²) in [5, 5.41) is 14.0. The predicted octanol–water partition coefficient (Wildman–Crippen LogP) is 1.46. The molecule has 18 heavy (non-hydrogen) atoms. The van der Waals surface area contributed by atoms with Gasteiger partial charge in [-0.3, -0.25) is 4.79 Å². The summed E-state index contributed by atoms with van der Waals surface area (Å²) in [5.41, 5.74) is 0.618. The first kappa shape index (κ1) is 11.9. The molecule has 7 heteroatoms. The van der Waals surface area contributed by atoms with Gasteiger partial charge >= 0.3 is 5.95 Å². The Morgan fingerprint density at radius 1 is 1.33 bits per heavy atom. The molecule has 0 aliphatic carbocycles. The fourth-order valence-electron chi connectivity index (χ4n) is 1.46. The van der Waals surface area contributed by atoms with E-state index in [0.29, 0.717) is 5.56 Å². The van der Waals surface area contributed by atoms with Gasteiger partial charge in [0.1, 0.15) is 0 Å². The molecule has 0 amide bonds. The number of nitrogens with zero attached hydrogens (tertiary/aromatic N) is 4. The van der Waals surface area contributed by atoms with Gasteiger partial charge < -0.3 is 10.1 Å². The number of aromatic nitrogens is 3. The van der Waals surface area contributed by atoms with E-state index in [1.54, 1.807) is 24.3 Å². The molecule has 0 spiro atoms. The normalized spacial score (nSPS) is 10.2. The van der Waals surface area contributed by atoms with E-state index in [1.165, 1.54) is 11.0 Å². The summed E-state index contributed by atoms with van der Waals surface area (Å²) < 4.78 is 1.29. The number of nitro groups is 1. The van der Waals surface area contributed by atoms with E-state index < -0.39 is 10.9 Å². The first-order valence-corrected chi connectivity index (χ1v) is 5.29. The monoisotopic (exact) mass is 246 g/mol. The van der Waals surface area contributed by atoms with Crippen molar-refractivity contribution in [2.24, 2.45) is 0 Å². The maximum atomic E-state index is 11.8. The first-order valence-electron chi connectivity index (χ1n) is 5.29. The number of Topliss-reactive ketones (excluding diaryl/α,β-unsaturated/α-hetero) is 1. The molecule has 0 radical (unpaired) electrons. The maximum absolute atomic E-state index is 11.8. The zero-order chi connectivity index (χ0) is 13.0. The van der Waals surface area contributed by atoms with Crippen LogP contribution in [0.5, 0.6) is 0 Å². The van der Waals surface area contributed by atoms with Crippen molar-refractivity contribution in [1.29, 1.82) is 0 Å². The van der Waals surface area contributed by atoms with Crippen LogP contribution in [0.1, 0.15) is 16.8 Å². The lowest BCUT2D eigenvalue weighted by atomic mass is 10.1. The van der Waals surface area contributed by atoms with Crippen LogP contribution < -0.4 is 0 Å². The van der Waals surface area contributed by atoms with Crippen molar-refractivity contribution < 1.29 is 9.72 Å². The molecule has 7 nitrogen and oxygen atoms in total. The summed E-state index contributed by atoms with van der Waals surface area (Å²) in [5.74, 6) is -0.490. The summed E-state index contributed by atoms with van der Waals surface area (Å²) in [4.78, 5) is 25.0. The Balaban J connectivity index is 1.95. The molecule has 0 saturated heterocycles. The molecule has 1 aromatic carbocycles. The van der Waals surface area contributed by atoms with Crippen LogP contribution in [0.25, 0.3) is 0 Å². The molecule has 2 aromatic rings. The average Bonchev–Trinajstić information content (AvgIpc) is 2.86. The van der Waals surface area contributed by atoms with Gasteiger partial charge in [0.25, 0.3) is 0 Å². The van der Waals surface area contributed by atoms with Crippen molar-refractivity contribution in [3.63, 3.8) is 0 Å². The van der Waals surface area contributed by atoms with E-state index in [4.69, 9.17) is 0 Å². The highest BCUT2D eigenvalue weighted by Gasteiger charge is 2.14. The molecule has 0 bridgehead atoms. The van der Waals surface area contributed by atoms with Gasteiger partial charge in [0.05, 0.1) is 6.54 Å². The standard InChI is InChI=1S/C11H10N4O3/c16-10(9-4-2-1-3-5-9)6-7-14-8-12-11(13-14)15(17)18/h1-5,8H,6-7H2. The van der Waals surface area contributed by atoms with Gasteiger partial charge in [0.15, 0.2) is 5.78 Å². The topological polar surface area (TPSA) is 90.9 Å². The Bertz CT molecular complexity index is 565. The first-order chi connectivity index (χ1) is 8.66. The van der Waals surface area contributed by atoms with Crippen molar-refractivity contribution in [2.75, 3.05) is 0 Å². The van der Waals surface area contributed by atoms with Gasteiger partial charge in [0.2, 0.25) is 6.33 Å². The summed E-state index contributed by atoms with van der Waals surface area (Å²) in [6.45, 7) is 0.272. The fraction of sp³-hybridized carbons (Fsp3) is 0.182. The smallest absolute Gasteiger partial charge is 0.390 e. The minimum atomic E-state index is -0.671. The Hall–Kier alpha value is -2.57. The van der Waals surface area contributed by atoms with E-state index in [0.717, 1.165) is 0 Å². The largest absolute Gasteiger partial charge is 0.490 e. The van der Waals surface area contributed by atoms with Crippen LogP contribution in [-0.4, -0.2) is 25.5 Å². The molecule has 2 rings (SSSR count). The van der Waals surface area contributed by atoms with E-state index >= 15 is 0 Å². The van der Waals surface area contributed by atoms with Crippen LogP contribution in [-0.2, 0) is 6.54 Å². The number of aryl methyl sites for hydroxylation is 1. The van der Waals surface area contributed by atoms with E-state index in [1.807, 2.05) is 6.07 Å². The Morgan fingerprint density at radius 3 is 2.67 bits per heavy atom. The number of carbonyl (C=O) groups is 1. The van der Waals surface area contributed by atoms with Crippen LogP contribution in [0.2, 0.25) is 0 Å². The molecule has 0 saturated carbocycles. The van der Waals surface area contributed by atoms with Gasteiger partial charge in [-0.05, 0) is 4.92 Å². The summed E-state index contributed by atoms with van der Waals surface area (Å²) in [6.07, 6.45) is 1.47. The lowest BCUT2D eigenvalue weighted by Gasteiger charge is -1.98. The van der Waals surface area contributed by atoms with Gasteiger partial charge in [-0.25, -0.2) is 0 Å². The number of benzene rings is 1. The zero-order valence-electron chi connectivity index (χ0n) is 9.39. The maximum Gasteiger partial charge on any atom is 0.490 e. The molecular weight excluding hydrogens is 236 g/mol. The minimum absolute atomic E-state index is 0.0336. The van der Waals surface area contributed by atoms with Crippen molar-refractivity contribution in [3.05, 3.63) is 52.3 Å². The highest BCUT2D eigenvalue weighted by molar-refractivity contribution is 5.95. The highest BCUT2D eigenvalue weighted by atomic mass is 16.6. The van der Waals surface area contributed by atoms with E-state index in [2.05, 4.69) is 10.1 Å². The quantitative estimate of drug-likeness (QED) is 0.452. The Labute approximate surface area is 102 Å². The third-order valence-corrected chi connectivity index (χ3v) is 2.35. The van der Waals surface area contributed by atoms with Crippen molar-refractivity contribution in [3.8, 4) is 0 Å². The van der Waals surface area contributed by atoms with Crippen LogP contribution in [0.15, 0.2) is 36.7 Å². The van der Waals surface area contributed by atoms with Crippen LogP contribution in [0.3, 0.4) is 0 Å². The predicted molar refractivity (Wildman–Crippen MR) is 62.1 cm³/mol. The third kappa shape index (κ3) is 2.76. The summed E-state index contributed by atoms with van der Waals surface area (Å²) in [6, 6.07) is 8.86. The van der Waals surface area contributed by atoms with Crippen molar-refractivity contribution in [2.45, 2.75) is 13.0 Å². The number of carbonyl (C=O) groups excluding carboxylic acids is 1. The molecular formula is C11H10N4O3. The second-order valence-electron chi connectivity index (χ2n) is 3.60. The summed E-state index contributed by atoms with van der Waals surface area (Å²) in [7, 11) is 0. The number of hydrogen-bond donors (Lipinski definition) is 0. The SMILES string of the molecule is O=C(CCn1cnc([N+](=O)[O-])n1)c1ccccc1. The third-order valence-electron chi connectivity index (χ3n) is 2.35. The molecule has 1 heterocycles. The molecule has 0 N–H and O–H groups in total. The number of ketones is 1. The van der Waals surface area contributed by atoms with Crippen LogP contribution >= 0.6 is 0 Å². The van der Waals surface area contributed by atoms with Crippen LogP contribution in [0, 0.1) is 10.1 Å². The summed E-state index contributed by atoms with van der Waals surface area (Å²) >= 11 is 0. The molecule has 92 valence electrons. The number of rotatable bonds is 5. The Morgan fingerprint density at radius 2 is 2.06 bits per heavy atom. The second-order valence-corrected chi connectivity index (χ2v) is 3.60. The minimum Gasteiger partial charge on any atom is -0.390 e. The lowest BCUT2D eigenvalue weighted by Crippen LogP contribution is -2.06. The second kappa shape index (κ2) is 5.17. The average molecular weight is 246 g/mol. The lowest BCUT2D eigenvalue weighted by molar-refractivity contribution is -0.394. The van der Waals surface area contributed by atoms with Crippen LogP contribution in [0.4, 0.5) is 5.95 Å². The van der Waals surface area contributed by atoms with Crippen molar-refractivity contribution in [1.82, 2.24) is 14.8 Å². The molecule has 1 aromatic heterocycles. The van der Waals surface area contributed by atoms with Gasteiger partial charge in [-0.1, -0.05) is 35.3 Å². The molecule has 0 aliphatic heterocycles. The van der Waals surface area contributed by atoms with Gasteiger partial charge in [-0.2, -0.15) is 4.68 Å².